The first-order valence-corrected chi connectivity index (χ1v) is 11.1. The summed E-state index contributed by atoms with van der Waals surface area (Å²) in [4.78, 5) is 39.0. The van der Waals surface area contributed by atoms with Crippen LogP contribution in [0.25, 0.3) is 10.9 Å². The van der Waals surface area contributed by atoms with Crippen LogP contribution in [0.3, 0.4) is 0 Å². The fourth-order valence-corrected chi connectivity index (χ4v) is 4.38. The largest absolute Gasteiger partial charge is 0.396 e. The molecule has 184 valence electrons. The fourth-order valence-electron chi connectivity index (χ4n) is 4.20. The van der Waals surface area contributed by atoms with Gasteiger partial charge in [-0.2, -0.15) is 0 Å². The molecule has 2 aromatic carbocycles. The van der Waals surface area contributed by atoms with E-state index in [-0.39, 0.29) is 30.5 Å². The number of primary amides is 1. The minimum absolute atomic E-state index is 0.0781. The van der Waals surface area contributed by atoms with Crippen molar-refractivity contribution in [3.8, 4) is 0 Å². The van der Waals surface area contributed by atoms with E-state index in [9.17, 15) is 28.3 Å². The van der Waals surface area contributed by atoms with Crippen LogP contribution in [0, 0.1) is 17.6 Å². The highest BCUT2D eigenvalue weighted by atomic mass is 35.5. The molecule has 1 saturated heterocycles. The number of aliphatic hydroxyl groups excluding tert-OH is 1. The van der Waals surface area contributed by atoms with Gasteiger partial charge in [-0.15, -0.1) is 0 Å². The Morgan fingerprint density at radius 2 is 1.91 bits per heavy atom. The maximum Gasteiger partial charge on any atom is 0.323 e. The molecule has 3 aromatic rings. The second-order valence-corrected chi connectivity index (χ2v) is 8.60. The summed E-state index contributed by atoms with van der Waals surface area (Å²) in [6, 6.07) is 6.49. The number of anilines is 1. The normalized spacial score (nSPS) is 17.5. The molecule has 1 aliphatic heterocycles. The summed E-state index contributed by atoms with van der Waals surface area (Å²) in [5.74, 6) is -2.86. The number of hydrogen-bond acceptors (Lipinski definition) is 4. The molecular weight excluding hydrogens is 484 g/mol. The van der Waals surface area contributed by atoms with Crippen molar-refractivity contribution in [2.24, 2.45) is 11.7 Å². The summed E-state index contributed by atoms with van der Waals surface area (Å²) in [6.45, 7) is -0.653. The minimum atomic E-state index is -0.998. The Bertz CT molecular complexity index is 1310. The van der Waals surface area contributed by atoms with Crippen molar-refractivity contribution in [1.82, 2.24) is 14.8 Å². The molecule has 35 heavy (non-hydrogen) atoms. The number of hydrogen-bond donors (Lipinski definition) is 4. The molecule has 0 aliphatic carbocycles. The summed E-state index contributed by atoms with van der Waals surface area (Å²) >= 11 is 5.70. The first kappa shape index (κ1) is 24.4. The number of aliphatic hydroxyl groups is 1. The Morgan fingerprint density at radius 3 is 2.63 bits per heavy atom. The van der Waals surface area contributed by atoms with Gasteiger partial charge in [0, 0.05) is 42.8 Å². The number of fused-ring (bicyclic) bond motifs is 1. The van der Waals surface area contributed by atoms with E-state index in [1.807, 2.05) is 0 Å². The summed E-state index contributed by atoms with van der Waals surface area (Å²) in [5, 5.41) is 15.0. The summed E-state index contributed by atoms with van der Waals surface area (Å²) in [5.41, 5.74) is 5.81. The van der Waals surface area contributed by atoms with Gasteiger partial charge in [-0.3, -0.25) is 9.36 Å². The standard InChI is InChI=1S/C23H22ClF2N5O4/c24-15-5-6-16(25)14(20(15)26)8-28-21(33)19-7-12(11-32)9-31(19)23(35)29-17-10-30(22(27)34)18-4-2-1-3-13(17)18/h1-6,10,12,19,32H,7-9,11H2,(H2,27,34)(H,28,33)(H,29,35)/t12-,19-/m0/s1. The number of halogens is 3. The molecule has 0 radical (unpaired) electrons. The lowest BCUT2D eigenvalue weighted by molar-refractivity contribution is -0.124. The quantitative estimate of drug-likeness (QED) is 0.397. The zero-order valence-corrected chi connectivity index (χ0v) is 19.1. The lowest BCUT2D eigenvalue weighted by atomic mass is 10.1. The van der Waals surface area contributed by atoms with Crippen molar-refractivity contribution in [3.05, 3.63) is 64.8 Å². The van der Waals surface area contributed by atoms with E-state index in [0.29, 0.717) is 16.6 Å². The molecule has 0 unspecified atom stereocenters. The van der Waals surface area contributed by atoms with Crippen LogP contribution in [0.5, 0.6) is 0 Å². The average molecular weight is 506 g/mol. The van der Waals surface area contributed by atoms with E-state index < -0.39 is 47.8 Å². The highest BCUT2D eigenvalue weighted by Crippen LogP contribution is 2.29. The topological polar surface area (TPSA) is 130 Å². The van der Waals surface area contributed by atoms with E-state index in [1.165, 1.54) is 15.7 Å². The second kappa shape index (κ2) is 9.88. The number of benzene rings is 2. The third-order valence-corrected chi connectivity index (χ3v) is 6.27. The van der Waals surface area contributed by atoms with Crippen molar-refractivity contribution in [2.75, 3.05) is 18.5 Å². The molecule has 4 rings (SSSR count). The molecule has 0 spiro atoms. The van der Waals surface area contributed by atoms with E-state index in [0.717, 1.165) is 12.1 Å². The fraction of sp³-hybridized carbons (Fsp3) is 0.261. The lowest BCUT2D eigenvalue weighted by Crippen LogP contribution is -2.47. The van der Waals surface area contributed by atoms with Gasteiger partial charge >= 0.3 is 12.1 Å². The molecule has 0 bridgehead atoms. The highest BCUT2D eigenvalue weighted by Gasteiger charge is 2.39. The van der Waals surface area contributed by atoms with Gasteiger partial charge in [0.15, 0.2) is 0 Å². The molecule has 1 aliphatic rings. The van der Waals surface area contributed by atoms with Crippen molar-refractivity contribution in [1.29, 1.82) is 0 Å². The van der Waals surface area contributed by atoms with Gasteiger partial charge in [-0.25, -0.2) is 18.4 Å². The van der Waals surface area contributed by atoms with Crippen LogP contribution in [0.15, 0.2) is 42.6 Å². The van der Waals surface area contributed by atoms with Crippen LogP contribution in [-0.2, 0) is 11.3 Å². The van der Waals surface area contributed by atoms with Gasteiger partial charge in [-0.1, -0.05) is 29.8 Å². The average Bonchev–Trinajstić information content (AvgIpc) is 3.44. The van der Waals surface area contributed by atoms with Crippen LogP contribution in [-0.4, -0.2) is 51.7 Å². The summed E-state index contributed by atoms with van der Waals surface area (Å²) in [6.07, 6.45) is 1.53. The Morgan fingerprint density at radius 1 is 1.17 bits per heavy atom. The predicted molar refractivity (Wildman–Crippen MR) is 125 cm³/mol. The first-order valence-electron chi connectivity index (χ1n) is 10.7. The third-order valence-electron chi connectivity index (χ3n) is 5.98. The van der Waals surface area contributed by atoms with Crippen LogP contribution >= 0.6 is 11.6 Å². The molecule has 9 nitrogen and oxygen atoms in total. The molecule has 4 amide bonds. The van der Waals surface area contributed by atoms with Crippen LogP contribution in [0.1, 0.15) is 12.0 Å². The van der Waals surface area contributed by atoms with E-state index in [2.05, 4.69) is 10.6 Å². The molecule has 12 heteroatoms. The predicted octanol–water partition coefficient (Wildman–Crippen LogP) is 3.03. The number of nitrogens with one attached hydrogen (secondary N) is 2. The maximum absolute atomic E-state index is 14.2. The minimum Gasteiger partial charge on any atom is -0.396 e. The van der Waals surface area contributed by atoms with Crippen molar-refractivity contribution >= 4 is 46.2 Å². The lowest BCUT2D eigenvalue weighted by Gasteiger charge is -2.24. The Hall–Kier alpha value is -3.70. The number of urea groups is 1. The number of carbonyl (C=O) groups is 3. The van der Waals surface area contributed by atoms with Gasteiger partial charge in [0.1, 0.15) is 17.7 Å². The van der Waals surface area contributed by atoms with E-state index in [1.54, 1.807) is 24.3 Å². The van der Waals surface area contributed by atoms with Crippen molar-refractivity contribution in [2.45, 2.75) is 19.0 Å². The number of likely N-dealkylation sites (tertiary alicyclic amines) is 1. The number of para-hydroxylation sites is 1. The molecule has 5 N–H and O–H groups in total. The van der Waals surface area contributed by atoms with Gasteiger partial charge < -0.3 is 26.4 Å². The smallest absolute Gasteiger partial charge is 0.323 e. The molecule has 0 saturated carbocycles. The number of rotatable bonds is 5. The zero-order valence-electron chi connectivity index (χ0n) is 18.3. The van der Waals surface area contributed by atoms with Crippen LogP contribution in [0.2, 0.25) is 5.02 Å². The zero-order chi connectivity index (χ0) is 25.3. The molecule has 1 fully saturated rings. The molecule has 1 aromatic heterocycles. The monoisotopic (exact) mass is 505 g/mol. The van der Waals surface area contributed by atoms with Crippen molar-refractivity contribution in [3.63, 3.8) is 0 Å². The Kier molecular flexibility index (Phi) is 6.90. The van der Waals surface area contributed by atoms with Gasteiger partial charge in [0.2, 0.25) is 5.91 Å². The van der Waals surface area contributed by atoms with E-state index >= 15 is 0 Å². The van der Waals surface area contributed by atoms with Crippen LogP contribution in [0.4, 0.5) is 24.1 Å². The third kappa shape index (κ3) is 4.77. The van der Waals surface area contributed by atoms with E-state index in [4.69, 9.17) is 17.3 Å². The molecular formula is C23H22ClF2N5O4. The second-order valence-electron chi connectivity index (χ2n) is 8.19. The van der Waals surface area contributed by atoms with Gasteiger partial charge in [-0.05, 0) is 24.6 Å². The number of nitrogens with zero attached hydrogens (tertiary/aromatic N) is 2. The van der Waals surface area contributed by atoms with Crippen molar-refractivity contribution < 1.29 is 28.3 Å². The Balaban J connectivity index is 1.53. The first-order chi connectivity index (χ1) is 16.7. The molecule has 2 atom stereocenters. The molecule has 2 heterocycles. The number of amides is 4. The number of aromatic nitrogens is 1. The SMILES string of the molecule is NC(=O)n1cc(NC(=O)N2C[C@@H](CO)C[C@H]2C(=O)NCc2c(F)ccc(Cl)c2F)c2ccccc21. The summed E-state index contributed by atoms with van der Waals surface area (Å²) < 4.78 is 29.4. The number of nitrogens with two attached hydrogens (primary N) is 1. The Labute approximate surface area is 203 Å². The number of carbonyl (C=O) groups excluding carboxylic acids is 3. The van der Waals surface area contributed by atoms with Crippen LogP contribution < -0.4 is 16.4 Å². The maximum atomic E-state index is 14.2. The summed E-state index contributed by atoms with van der Waals surface area (Å²) in [7, 11) is 0. The van der Waals surface area contributed by atoms with Gasteiger partial charge in [0.25, 0.3) is 0 Å². The highest BCUT2D eigenvalue weighted by molar-refractivity contribution is 6.30. The van der Waals surface area contributed by atoms with Gasteiger partial charge in [0.05, 0.1) is 16.2 Å².